The third-order valence-electron chi connectivity index (χ3n) is 2.37. The van der Waals surface area contributed by atoms with Gasteiger partial charge in [-0.3, -0.25) is 9.59 Å². The molecule has 0 spiro atoms. The first-order chi connectivity index (χ1) is 8.65. The van der Waals surface area contributed by atoms with Crippen LogP contribution >= 0.6 is 12.4 Å². The summed E-state index contributed by atoms with van der Waals surface area (Å²) in [4.78, 5) is 25.8. The summed E-state index contributed by atoms with van der Waals surface area (Å²) in [5.74, 6) is -0.357. The van der Waals surface area contributed by atoms with E-state index < -0.39 is 0 Å². The fraction of sp³-hybridized carbons (Fsp3) is 0.500. The predicted molar refractivity (Wildman–Crippen MR) is 76.1 cm³/mol. The van der Waals surface area contributed by atoms with Gasteiger partial charge in [-0.25, -0.2) is 0 Å². The van der Waals surface area contributed by atoms with Crippen LogP contribution in [-0.2, 0) is 4.74 Å². The molecule has 0 aliphatic rings. The number of aromatic nitrogens is 1. The molecule has 19 heavy (non-hydrogen) atoms. The smallest absolute Gasteiger partial charge is 0.260 e. The number of H-pyrrole nitrogens is 1. The predicted octanol–water partition coefficient (Wildman–Crippen LogP) is 0.0709. The molecule has 0 radical (unpaired) electrons. The quantitative estimate of drug-likeness (QED) is 0.621. The van der Waals surface area contributed by atoms with Gasteiger partial charge >= 0.3 is 0 Å². The van der Waals surface area contributed by atoms with Crippen molar-refractivity contribution in [1.29, 1.82) is 0 Å². The normalized spacial score (nSPS) is 9.79. The average Bonchev–Trinajstić information content (AvgIpc) is 2.33. The monoisotopic (exact) mass is 289 g/mol. The van der Waals surface area contributed by atoms with Crippen LogP contribution in [0, 0.1) is 6.92 Å². The second-order valence-electron chi connectivity index (χ2n) is 3.88. The summed E-state index contributed by atoms with van der Waals surface area (Å²) in [6.45, 7) is 4.24. The lowest BCUT2D eigenvalue weighted by Crippen LogP contribution is -2.35. The third kappa shape index (κ3) is 6.37. The number of carbonyl (C=O) groups excluding carboxylic acids is 1. The first-order valence-electron chi connectivity index (χ1n) is 5.83. The second-order valence-corrected chi connectivity index (χ2v) is 3.88. The highest BCUT2D eigenvalue weighted by molar-refractivity contribution is 5.93. The van der Waals surface area contributed by atoms with Gasteiger partial charge in [-0.05, 0) is 19.1 Å². The van der Waals surface area contributed by atoms with E-state index in [1.807, 2.05) is 0 Å². The molecule has 6 nitrogen and oxygen atoms in total. The number of amides is 1. The zero-order valence-electron chi connectivity index (χ0n) is 11.1. The molecule has 1 aromatic heterocycles. The first-order valence-corrected chi connectivity index (χ1v) is 5.83. The lowest BCUT2D eigenvalue weighted by Gasteiger charge is -2.06. The molecule has 0 bridgehead atoms. The zero-order valence-corrected chi connectivity index (χ0v) is 11.9. The number of hydrogen-bond donors (Lipinski definition) is 3. The van der Waals surface area contributed by atoms with E-state index in [0.29, 0.717) is 19.7 Å². The zero-order chi connectivity index (χ0) is 13.4. The molecule has 108 valence electrons. The van der Waals surface area contributed by atoms with Gasteiger partial charge in [0.2, 0.25) is 0 Å². The molecule has 1 rings (SSSR count). The number of hydrogen-bond acceptors (Lipinski definition) is 4. The Hall–Kier alpha value is -1.37. The van der Waals surface area contributed by atoms with Crippen molar-refractivity contribution in [3.8, 4) is 0 Å². The maximum Gasteiger partial charge on any atom is 0.260 e. The number of methoxy groups -OCH3 is 1. The highest BCUT2D eigenvalue weighted by Crippen LogP contribution is 1.92. The summed E-state index contributed by atoms with van der Waals surface area (Å²) in [6.07, 6.45) is 0. The molecule has 0 fully saturated rings. The standard InChI is InChI=1S/C12H19N3O3.ClH/c1-9-3-4-10(12(17)15-9)11(16)14-6-5-13-7-8-18-2;/h3-4,13H,5-8H2,1-2H3,(H,14,16)(H,15,17);1H. The van der Waals surface area contributed by atoms with Crippen molar-refractivity contribution in [2.24, 2.45) is 0 Å². The number of rotatable bonds is 7. The van der Waals surface area contributed by atoms with Gasteiger partial charge in [0.25, 0.3) is 11.5 Å². The van der Waals surface area contributed by atoms with Gasteiger partial charge in [-0.2, -0.15) is 0 Å². The average molecular weight is 290 g/mol. The van der Waals surface area contributed by atoms with E-state index in [1.54, 1.807) is 20.1 Å². The maximum atomic E-state index is 11.7. The van der Waals surface area contributed by atoms with Crippen LogP contribution in [0.1, 0.15) is 16.1 Å². The molecule has 1 amide bonds. The van der Waals surface area contributed by atoms with Gasteiger partial charge in [0.1, 0.15) is 5.56 Å². The van der Waals surface area contributed by atoms with Crippen molar-refractivity contribution >= 4 is 18.3 Å². The van der Waals surface area contributed by atoms with Crippen LogP contribution in [0.4, 0.5) is 0 Å². The van der Waals surface area contributed by atoms with Gasteiger partial charge < -0.3 is 20.4 Å². The first kappa shape index (κ1) is 17.6. The summed E-state index contributed by atoms with van der Waals surface area (Å²) in [6, 6.07) is 3.23. The van der Waals surface area contributed by atoms with E-state index in [1.165, 1.54) is 6.07 Å². The van der Waals surface area contributed by atoms with Gasteiger partial charge in [0, 0.05) is 32.4 Å². The molecule has 0 saturated heterocycles. The van der Waals surface area contributed by atoms with E-state index in [2.05, 4.69) is 15.6 Å². The SMILES string of the molecule is COCCNCCNC(=O)c1ccc(C)[nH]c1=O.Cl. The fourth-order valence-corrected chi connectivity index (χ4v) is 1.41. The Morgan fingerprint density at radius 2 is 2.05 bits per heavy atom. The largest absolute Gasteiger partial charge is 0.383 e. The Balaban J connectivity index is 0.00000324. The number of halogens is 1. The van der Waals surface area contributed by atoms with Crippen molar-refractivity contribution < 1.29 is 9.53 Å². The van der Waals surface area contributed by atoms with Crippen molar-refractivity contribution in [2.75, 3.05) is 33.4 Å². The summed E-state index contributed by atoms with van der Waals surface area (Å²) in [7, 11) is 1.63. The Bertz CT molecular complexity index is 448. The van der Waals surface area contributed by atoms with Gasteiger partial charge in [-0.1, -0.05) is 0 Å². The van der Waals surface area contributed by atoms with Crippen molar-refractivity contribution in [2.45, 2.75) is 6.92 Å². The minimum atomic E-state index is -0.361. The van der Waals surface area contributed by atoms with Crippen molar-refractivity contribution in [3.63, 3.8) is 0 Å². The van der Waals surface area contributed by atoms with Crippen LogP contribution in [-0.4, -0.2) is 44.2 Å². The molecular weight excluding hydrogens is 270 g/mol. The maximum absolute atomic E-state index is 11.7. The highest BCUT2D eigenvalue weighted by Gasteiger charge is 2.08. The Morgan fingerprint density at radius 1 is 1.32 bits per heavy atom. The summed E-state index contributed by atoms with van der Waals surface area (Å²) in [5, 5.41) is 5.77. The molecule has 7 heteroatoms. The fourth-order valence-electron chi connectivity index (χ4n) is 1.41. The number of aromatic amines is 1. The van der Waals surface area contributed by atoms with Crippen LogP contribution in [0.3, 0.4) is 0 Å². The van der Waals surface area contributed by atoms with Crippen LogP contribution in [0.25, 0.3) is 0 Å². The molecule has 0 aromatic carbocycles. The number of aryl methyl sites for hydroxylation is 1. The Morgan fingerprint density at radius 3 is 2.68 bits per heavy atom. The number of nitrogens with one attached hydrogen (secondary N) is 3. The summed E-state index contributed by atoms with van der Waals surface area (Å²) in [5.41, 5.74) is 0.509. The number of carbonyl (C=O) groups is 1. The van der Waals surface area contributed by atoms with Crippen molar-refractivity contribution in [1.82, 2.24) is 15.6 Å². The van der Waals surface area contributed by atoms with Gasteiger partial charge in [0.15, 0.2) is 0 Å². The van der Waals surface area contributed by atoms with Gasteiger partial charge in [0.05, 0.1) is 6.61 Å². The van der Waals surface area contributed by atoms with Crippen LogP contribution in [0.2, 0.25) is 0 Å². The molecule has 0 atom stereocenters. The van der Waals surface area contributed by atoms with E-state index in [-0.39, 0.29) is 29.4 Å². The van der Waals surface area contributed by atoms with Crippen LogP contribution in [0.5, 0.6) is 0 Å². The number of ether oxygens (including phenoxy) is 1. The molecule has 1 heterocycles. The van der Waals surface area contributed by atoms with Crippen LogP contribution < -0.4 is 16.2 Å². The topological polar surface area (TPSA) is 83.2 Å². The molecule has 3 N–H and O–H groups in total. The second kappa shape index (κ2) is 9.55. The molecular formula is C12H20ClN3O3. The summed E-state index contributed by atoms with van der Waals surface area (Å²) >= 11 is 0. The summed E-state index contributed by atoms with van der Waals surface area (Å²) < 4.78 is 4.87. The third-order valence-corrected chi connectivity index (χ3v) is 2.37. The molecule has 0 unspecified atom stereocenters. The van der Waals surface area contributed by atoms with E-state index in [9.17, 15) is 9.59 Å². The van der Waals surface area contributed by atoms with Gasteiger partial charge in [-0.15, -0.1) is 12.4 Å². The lowest BCUT2D eigenvalue weighted by atomic mass is 10.2. The van der Waals surface area contributed by atoms with E-state index >= 15 is 0 Å². The van der Waals surface area contributed by atoms with Crippen molar-refractivity contribution in [3.05, 3.63) is 33.7 Å². The Kier molecular flexibility index (Phi) is 8.86. The lowest BCUT2D eigenvalue weighted by molar-refractivity contribution is 0.0952. The highest BCUT2D eigenvalue weighted by atomic mass is 35.5. The van der Waals surface area contributed by atoms with E-state index in [0.717, 1.165) is 12.2 Å². The minimum Gasteiger partial charge on any atom is -0.383 e. The van der Waals surface area contributed by atoms with Crippen LogP contribution in [0.15, 0.2) is 16.9 Å². The van der Waals surface area contributed by atoms with E-state index in [4.69, 9.17) is 4.74 Å². The minimum absolute atomic E-state index is 0. The molecule has 0 aliphatic heterocycles. The molecule has 0 saturated carbocycles. The molecule has 1 aromatic rings. The Labute approximate surface area is 118 Å². The number of pyridine rings is 1. The molecule has 0 aliphatic carbocycles.